The largest absolute Gasteiger partial charge is 0.356 e. The summed E-state index contributed by atoms with van der Waals surface area (Å²) in [5.41, 5.74) is 1.13. The third kappa shape index (κ3) is 5.70. The van der Waals surface area contributed by atoms with Crippen molar-refractivity contribution >= 4 is 23.2 Å². The Labute approximate surface area is 155 Å². The van der Waals surface area contributed by atoms with Gasteiger partial charge in [0.1, 0.15) is 0 Å². The maximum absolute atomic E-state index is 12.1. The van der Waals surface area contributed by atoms with Crippen LogP contribution in [-0.2, 0) is 11.2 Å². The second-order valence-corrected chi connectivity index (χ2v) is 8.04. The van der Waals surface area contributed by atoms with Crippen LogP contribution in [0.5, 0.6) is 0 Å². The summed E-state index contributed by atoms with van der Waals surface area (Å²) in [5, 5.41) is 10.1. The molecule has 25 heavy (non-hydrogen) atoms. The Morgan fingerprint density at radius 3 is 2.80 bits per heavy atom. The van der Waals surface area contributed by atoms with Gasteiger partial charge in [-0.1, -0.05) is 27.7 Å². The van der Waals surface area contributed by atoms with Gasteiger partial charge in [-0.2, -0.15) is 0 Å². The number of hydrogen-bond donors (Lipinski definition) is 2. The van der Waals surface area contributed by atoms with E-state index in [1.165, 1.54) is 5.01 Å². The van der Waals surface area contributed by atoms with Crippen molar-refractivity contribution in [3.63, 3.8) is 0 Å². The fraction of sp³-hybridized carbons (Fsp3) is 0.722. The van der Waals surface area contributed by atoms with E-state index in [-0.39, 0.29) is 17.9 Å². The lowest BCUT2D eigenvalue weighted by Crippen LogP contribution is -2.45. The molecule has 1 saturated heterocycles. The molecule has 1 aromatic heterocycles. The quantitative estimate of drug-likeness (QED) is 0.599. The van der Waals surface area contributed by atoms with Crippen molar-refractivity contribution in [3.8, 4) is 0 Å². The van der Waals surface area contributed by atoms with Crippen LogP contribution in [0.3, 0.4) is 0 Å². The number of carbonyl (C=O) groups is 1. The predicted octanol–water partition coefficient (Wildman–Crippen LogP) is 2.23. The van der Waals surface area contributed by atoms with Crippen molar-refractivity contribution in [2.75, 3.05) is 26.7 Å². The number of nitrogens with zero attached hydrogens (tertiary/aromatic N) is 3. The topological polar surface area (TPSA) is 69.6 Å². The summed E-state index contributed by atoms with van der Waals surface area (Å²) < 4.78 is 0. The summed E-state index contributed by atoms with van der Waals surface area (Å²) in [4.78, 5) is 23.0. The summed E-state index contributed by atoms with van der Waals surface area (Å²) in [6.45, 7) is 10.6. The summed E-state index contributed by atoms with van der Waals surface area (Å²) in [7, 11) is 1.78. The van der Waals surface area contributed by atoms with E-state index in [1.54, 1.807) is 18.4 Å². The van der Waals surface area contributed by atoms with Crippen molar-refractivity contribution < 1.29 is 4.79 Å². The number of carbonyl (C=O) groups excluding carboxylic acids is 1. The third-order valence-electron chi connectivity index (χ3n) is 4.30. The molecular weight excluding hydrogens is 334 g/mol. The third-order valence-corrected chi connectivity index (χ3v) is 5.49. The first-order valence-electron chi connectivity index (χ1n) is 9.11. The van der Waals surface area contributed by atoms with Crippen LogP contribution >= 0.6 is 11.3 Å². The van der Waals surface area contributed by atoms with Crippen LogP contribution in [0.15, 0.2) is 10.4 Å². The van der Waals surface area contributed by atoms with E-state index >= 15 is 0 Å². The molecule has 2 heterocycles. The number of aliphatic imine (C=N–C) groups is 1. The second kappa shape index (κ2) is 9.17. The fourth-order valence-corrected chi connectivity index (χ4v) is 3.71. The van der Waals surface area contributed by atoms with Gasteiger partial charge < -0.3 is 15.5 Å². The van der Waals surface area contributed by atoms with E-state index in [9.17, 15) is 4.79 Å². The zero-order valence-corrected chi connectivity index (χ0v) is 16.8. The van der Waals surface area contributed by atoms with Gasteiger partial charge in [-0.3, -0.25) is 9.79 Å². The van der Waals surface area contributed by atoms with Crippen LogP contribution in [0.1, 0.15) is 50.7 Å². The van der Waals surface area contributed by atoms with E-state index < -0.39 is 0 Å². The zero-order valence-electron chi connectivity index (χ0n) is 16.0. The summed E-state index contributed by atoms with van der Waals surface area (Å²) in [6.07, 6.45) is 1.84. The molecule has 0 aliphatic carbocycles. The molecule has 1 atom stereocenters. The number of nitrogens with one attached hydrogen (secondary N) is 2. The summed E-state index contributed by atoms with van der Waals surface area (Å²) in [5.74, 6) is 1.57. The van der Waals surface area contributed by atoms with Crippen LogP contribution in [0.25, 0.3) is 0 Å². The predicted molar refractivity (Wildman–Crippen MR) is 104 cm³/mol. The van der Waals surface area contributed by atoms with Gasteiger partial charge in [-0.05, 0) is 6.42 Å². The van der Waals surface area contributed by atoms with Crippen molar-refractivity contribution in [2.45, 2.75) is 52.5 Å². The van der Waals surface area contributed by atoms with Crippen LogP contribution in [-0.4, -0.2) is 54.5 Å². The number of likely N-dealkylation sites (tertiary alicyclic amines) is 1. The van der Waals surface area contributed by atoms with E-state index in [0.29, 0.717) is 5.92 Å². The molecule has 7 heteroatoms. The Kier molecular flexibility index (Phi) is 7.23. The van der Waals surface area contributed by atoms with Gasteiger partial charge in [0.05, 0.1) is 10.7 Å². The minimum Gasteiger partial charge on any atom is -0.356 e. The zero-order chi connectivity index (χ0) is 18.4. The van der Waals surface area contributed by atoms with Crippen molar-refractivity contribution in [1.29, 1.82) is 0 Å². The van der Waals surface area contributed by atoms with Gasteiger partial charge in [0.15, 0.2) is 5.96 Å². The molecule has 1 aliphatic heterocycles. The Morgan fingerprint density at radius 2 is 2.20 bits per heavy atom. The van der Waals surface area contributed by atoms with Gasteiger partial charge >= 0.3 is 0 Å². The molecule has 2 N–H and O–H groups in total. The molecule has 0 aromatic carbocycles. The Bertz CT molecular complexity index is 596. The van der Waals surface area contributed by atoms with Gasteiger partial charge in [-0.25, -0.2) is 4.98 Å². The molecule has 6 nitrogen and oxygen atoms in total. The van der Waals surface area contributed by atoms with Crippen LogP contribution in [0, 0.1) is 5.92 Å². The highest BCUT2D eigenvalue weighted by Gasteiger charge is 2.27. The molecule has 1 fully saturated rings. The Balaban J connectivity index is 1.75. The van der Waals surface area contributed by atoms with Crippen LogP contribution in [0.4, 0.5) is 0 Å². The summed E-state index contributed by atoms with van der Waals surface area (Å²) in [6, 6.07) is 0.265. The lowest BCUT2D eigenvalue weighted by molar-refractivity contribution is -0.133. The molecule has 1 amide bonds. The average molecular weight is 366 g/mol. The average Bonchev–Trinajstić information content (AvgIpc) is 3.22. The number of thiazole rings is 1. The molecule has 2 rings (SSSR count). The SMILES string of the molecule is CN=C(NCCc1csc(C(C)C)n1)NC1CCN(C(=O)C(C)C)C1. The number of guanidine groups is 1. The number of amides is 1. The lowest BCUT2D eigenvalue weighted by Gasteiger charge is -2.20. The molecule has 1 unspecified atom stereocenters. The highest BCUT2D eigenvalue weighted by Crippen LogP contribution is 2.19. The highest BCUT2D eigenvalue weighted by molar-refractivity contribution is 7.09. The first-order chi connectivity index (χ1) is 11.9. The smallest absolute Gasteiger partial charge is 0.225 e. The van der Waals surface area contributed by atoms with E-state index in [0.717, 1.165) is 44.1 Å². The van der Waals surface area contributed by atoms with Crippen LogP contribution in [0.2, 0.25) is 0 Å². The number of rotatable bonds is 6. The molecule has 0 radical (unpaired) electrons. The number of aromatic nitrogens is 1. The standard InChI is InChI=1S/C18H31N5OS/c1-12(2)16-21-15(11-25-16)6-8-20-18(19-5)22-14-7-9-23(10-14)17(24)13(3)4/h11-14H,6-10H2,1-5H3,(H2,19,20,22). The Morgan fingerprint density at radius 1 is 1.44 bits per heavy atom. The molecule has 1 aromatic rings. The Hall–Kier alpha value is -1.63. The van der Waals surface area contributed by atoms with Gasteiger partial charge in [0.2, 0.25) is 5.91 Å². The molecule has 0 spiro atoms. The molecular formula is C18H31N5OS. The first-order valence-corrected chi connectivity index (χ1v) is 9.99. The maximum Gasteiger partial charge on any atom is 0.225 e. The van der Waals surface area contributed by atoms with E-state index in [1.807, 2.05) is 18.7 Å². The summed E-state index contributed by atoms with van der Waals surface area (Å²) >= 11 is 1.73. The van der Waals surface area contributed by atoms with Crippen molar-refractivity contribution in [1.82, 2.24) is 20.5 Å². The molecule has 0 saturated carbocycles. The lowest BCUT2D eigenvalue weighted by atomic mass is 10.2. The fourth-order valence-electron chi connectivity index (χ4n) is 2.84. The van der Waals surface area contributed by atoms with Gasteiger partial charge in [-0.15, -0.1) is 11.3 Å². The molecule has 1 aliphatic rings. The van der Waals surface area contributed by atoms with Gasteiger partial charge in [0.25, 0.3) is 0 Å². The van der Waals surface area contributed by atoms with Crippen LogP contribution < -0.4 is 10.6 Å². The highest BCUT2D eigenvalue weighted by atomic mass is 32.1. The minimum absolute atomic E-state index is 0.0602. The van der Waals surface area contributed by atoms with Gasteiger partial charge in [0, 0.05) is 56.4 Å². The molecule has 0 bridgehead atoms. The van der Waals surface area contributed by atoms with E-state index in [2.05, 4.69) is 39.8 Å². The van der Waals surface area contributed by atoms with Crippen molar-refractivity contribution in [3.05, 3.63) is 16.1 Å². The normalized spacial score (nSPS) is 18.3. The first kappa shape index (κ1) is 19.7. The maximum atomic E-state index is 12.1. The monoisotopic (exact) mass is 365 g/mol. The minimum atomic E-state index is 0.0602. The second-order valence-electron chi connectivity index (χ2n) is 7.15. The molecule has 140 valence electrons. The number of hydrogen-bond acceptors (Lipinski definition) is 4. The van der Waals surface area contributed by atoms with E-state index in [4.69, 9.17) is 0 Å². The van der Waals surface area contributed by atoms with Crippen molar-refractivity contribution in [2.24, 2.45) is 10.9 Å².